The van der Waals surface area contributed by atoms with Gasteiger partial charge in [-0.05, 0) is 25.5 Å². The summed E-state index contributed by atoms with van der Waals surface area (Å²) in [6, 6.07) is 0.369. The predicted octanol–water partition coefficient (Wildman–Crippen LogP) is -1.36. The van der Waals surface area contributed by atoms with Crippen molar-refractivity contribution in [1.29, 1.82) is 5.41 Å². The fourth-order valence-electron chi connectivity index (χ4n) is 3.87. The number of fused-ring (bicyclic) bond motifs is 1. The number of halogens is 1. The van der Waals surface area contributed by atoms with Crippen molar-refractivity contribution in [3.05, 3.63) is 34.8 Å². The van der Waals surface area contributed by atoms with Gasteiger partial charge in [0.1, 0.15) is 22.6 Å². The van der Waals surface area contributed by atoms with E-state index < -0.39 is 46.5 Å². The number of carbonyl (C=O) groups excluding carboxylic acids is 2. The molecule has 2 aromatic heterocycles. The van der Waals surface area contributed by atoms with Gasteiger partial charge in [-0.3, -0.25) is 29.3 Å². The zero-order valence-corrected chi connectivity index (χ0v) is 24.0. The summed E-state index contributed by atoms with van der Waals surface area (Å²) in [5.74, 6) is -4.37. The summed E-state index contributed by atoms with van der Waals surface area (Å²) in [6.45, 7) is 2.40. The molecule has 17 nitrogen and oxygen atoms in total. The van der Waals surface area contributed by atoms with Gasteiger partial charge in [-0.25, -0.2) is 9.59 Å². The first-order valence-electron chi connectivity index (χ1n) is 11.6. The van der Waals surface area contributed by atoms with E-state index in [0.29, 0.717) is 5.57 Å². The Morgan fingerprint density at radius 2 is 2.05 bits per heavy atom. The Kier molecular flexibility index (Phi) is 9.47. The van der Waals surface area contributed by atoms with Crippen LogP contribution in [0, 0.1) is 5.41 Å². The highest BCUT2D eigenvalue weighted by Crippen LogP contribution is 2.40. The molecule has 4 rings (SSSR count). The molecule has 4 heterocycles. The van der Waals surface area contributed by atoms with E-state index in [2.05, 4.69) is 19.8 Å². The second kappa shape index (κ2) is 12.3. The molecule has 0 bridgehead atoms. The molecule has 1 saturated heterocycles. The maximum Gasteiger partial charge on any atom is 0.352 e. The van der Waals surface area contributed by atoms with Crippen molar-refractivity contribution < 1.29 is 39.3 Å². The van der Waals surface area contributed by atoms with Crippen LogP contribution in [0.25, 0.3) is 0 Å². The van der Waals surface area contributed by atoms with Crippen molar-refractivity contribution in [3.8, 4) is 0 Å². The van der Waals surface area contributed by atoms with E-state index in [4.69, 9.17) is 16.0 Å². The molecule has 0 saturated carbocycles. The van der Waals surface area contributed by atoms with Crippen LogP contribution in [0.15, 0.2) is 28.7 Å². The molecule has 41 heavy (non-hydrogen) atoms. The van der Waals surface area contributed by atoms with Crippen LogP contribution in [0.2, 0.25) is 0 Å². The molecule has 2 amide bonds. The lowest BCUT2D eigenvalue weighted by Crippen LogP contribution is -2.71. The maximum absolute atomic E-state index is 13.1. The molecule has 0 aliphatic carbocycles. The number of β-lactam (4-membered cyclic amide) rings is 1. The van der Waals surface area contributed by atoms with E-state index in [9.17, 15) is 34.5 Å². The van der Waals surface area contributed by atoms with E-state index in [1.807, 2.05) is 0 Å². The molecule has 7 N–H and O–H groups in total. The van der Waals surface area contributed by atoms with Crippen molar-refractivity contribution in [2.75, 3.05) is 18.1 Å². The number of nitrogens with one attached hydrogen (secondary N) is 2. The number of carbonyl (C=O) groups is 4. The number of aliphatic hydroxyl groups excluding tert-OH is 1. The molecule has 20 heteroatoms. The number of nitrogen functional groups attached to an aromatic ring is 1. The van der Waals surface area contributed by atoms with Gasteiger partial charge in [-0.2, -0.15) is 9.36 Å². The number of anilines is 1. The summed E-state index contributed by atoms with van der Waals surface area (Å²) in [4.78, 5) is 59.9. The van der Waals surface area contributed by atoms with Gasteiger partial charge in [0.2, 0.25) is 17.1 Å². The number of amides is 2. The standard InChI is InChI=1S/C21H25N9O8S2.ClH/c1-21(2,19(36)37)38-26-11(14-25-20(23)40-27-14)15(32)24-12-16(33)30-13(18(34)35)9(8-39-17(12)30)7-28-4-3-10(22)29(28)5-6-31;/h3-4,12,17,22,31H,5-8H2,1-2H3,(H,24,32)(H,34,35)(H,36,37)(H2,23,25,27);1H/b22-10?,26-11-;. The van der Waals surface area contributed by atoms with E-state index in [1.165, 1.54) is 36.4 Å². The third-order valence-electron chi connectivity index (χ3n) is 5.94. The Bertz CT molecular complexity index is 1500. The van der Waals surface area contributed by atoms with Crippen LogP contribution in [0.3, 0.4) is 0 Å². The molecule has 0 spiro atoms. The molecular formula is C21H26ClN9O8S2. The van der Waals surface area contributed by atoms with Crippen LogP contribution in [0.1, 0.15) is 19.7 Å². The van der Waals surface area contributed by atoms with Crippen molar-refractivity contribution >= 4 is 70.3 Å². The zero-order valence-electron chi connectivity index (χ0n) is 21.5. The Morgan fingerprint density at radius 3 is 2.63 bits per heavy atom. The summed E-state index contributed by atoms with van der Waals surface area (Å²) in [5.41, 5.74) is 3.58. The van der Waals surface area contributed by atoms with Crippen LogP contribution >= 0.6 is 35.7 Å². The molecule has 2 unspecified atom stereocenters. The number of hydrogen-bond acceptors (Lipinski definition) is 13. The van der Waals surface area contributed by atoms with Crippen molar-refractivity contribution in [2.45, 2.75) is 44.0 Å². The van der Waals surface area contributed by atoms with E-state index >= 15 is 0 Å². The van der Waals surface area contributed by atoms with E-state index in [1.54, 1.807) is 10.9 Å². The lowest BCUT2D eigenvalue weighted by atomic mass is 10.0. The van der Waals surface area contributed by atoms with Crippen molar-refractivity contribution in [1.82, 2.24) is 28.9 Å². The Labute approximate surface area is 245 Å². The average Bonchev–Trinajstić information content (AvgIpc) is 3.47. The molecule has 2 aromatic rings. The van der Waals surface area contributed by atoms with Gasteiger partial charge in [0, 0.05) is 23.5 Å². The van der Waals surface area contributed by atoms with Gasteiger partial charge in [-0.15, -0.1) is 24.2 Å². The largest absolute Gasteiger partial charge is 0.478 e. The second-order valence-electron chi connectivity index (χ2n) is 9.07. The molecule has 222 valence electrons. The molecule has 1 fully saturated rings. The van der Waals surface area contributed by atoms with Crippen LogP contribution < -0.4 is 16.5 Å². The first-order valence-corrected chi connectivity index (χ1v) is 13.4. The lowest BCUT2D eigenvalue weighted by molar-refractivity contribution is -0.161. The minimum absolute atomic E-state index is 0. The number of carboxylic acids is 2. The number of nitrogens with zero attached hydrogens (tertiary/aromatic N) is 6. The highest BCUT2D eigenvalue weighted by molar-refractivity contribution is 8.00. The van der Waals surface area contributed by atoms with Gasteiger partial charge in [0.25, 0.3) is 11.8 Å². The van der Waals surface area contributed by atoms with Crippen LogP contribution in [-0.2, 0) is 37.1 Å². The van der Waals surface area contributed by atoms with Crippen LogP contribution in [0.4, 0.5) is 5.13 Å². The minimum Gasteiger partial charge on any atom is -0.478 e. The monoisotopic (exact) mass is 631 g/mol. The third kappa shape index (κ3) is 6.21. The molecule has 2 atom stereocenters. The van der Waals surface area contributed by atoms with E-state index in [0.717, 1.165) is 16.4 Å². The summed E-state index contributed by atoms with van der Waals surface area (Å²) in [5, 5.41) is 41.9. The fraction of sp³-hybridized carbons (Fsp3) is 0.429. The summed E-state index contributed by atoms with van der Waals surface area (Å²) in [6.07, 6.45) is 1.58. The number of aliphatic carboxylic acids is 2. The van der Waals surface area contributed by atoms with Crippen LogP contribution in [-0.4, -0.2) is 97.8 Å². The first-order chi connectivity index (χ1) is 18.9. The number of hydrogen-bond donors (Lipinski definition) is 6. The Morgan fingerprint density at radius 1 is 1.34 bits per heavy atom. The predicted molar refractivity (Wildman–Crippen MR) is 146 cm³/mol. The maximum atomic E-state index is 13.1. The Hall–Kier alpha value is -3.94. The number of aromatic nitrogens is 4. The minimum atomic E-state index is -1.80. The molecule has 0 aromatic carbocycles. The smallest absolute Gasteiger partial charge is 0.352 e. The number of nitrogens with two attached hydrogens (primary N) is 1. The summed E-state index contributed by atoms with van der Waals surface area (Å²) in [7, 11) is 0. The Balaban J connectivity index is 0.00000462. The van der Waals surface area contributed by atoms with Gasteiger partial charge in [-0.1, -0.05) is 5.16 Å². The summed E-state index contributed by atoms with van der Waals surface area (Å²) >= 11 is 1.99. The normalized spacial score (nSPS) is 18.8. The van der Waals surface area contributed by atoms with Gasteiger partial charge < -0.3 is 31.2 Å². The molecule has 2 aliphatic heterocycles. The third-order valence-corrected chi connectivity index (χ3v) is 7.82. The highest BCUT2D eigenvalue weighted by Gasteiger charge is 2.54. The molecule has 0 radical (unpaired) electrons. The first kappa shape index (κ1) is 31.6. The van der Waals surface area contributed by atoms with Gasteiger partial charge in [0.05, 0.1) is 19.7 Å². The number of thioether (sulfide) groups is 1. The van der Waals surface area contributed by atoms with Gasteiger partial charge >= 0.3 is 11.9 Å². The quantitative estimate of drug-likeness (QED) is 0.0955. The van der Waals surface area contributed by atoms with Crippen molar-refractivity contribution in [2.24, 2.45) is 5.16 Å². The number of rotatable bonds is 11. The number of carboxylic acid groups (broad SMARTS) is 2. The second-order valence-corrected chi connectivity index (χ2v) is 11.0. The zero-order chi connectivity index (χ0) is 29.4. The SMILES string of the molecule is CC(C)(O/N=C(\C(=O)NC1C(=O)N2C(C(=O)O)=C(Cn3ccc(=N)n3CCO)CSC12)c1nsc(N)n1)C(=O)O.Cl. The number of aliphatic hydroxyl groups is 1. The summed E-state index contributed by atoms with van der Waals surface area (Å²) < 4.78 is 6.96. The molecule has 2 aliphatic rings. The fourth-order valence-corrected chi connectivity index (χ4v) is 5.64. The van der Waals surface area contributed by atoms with Crippen LogP contribution in [0.5, 0.6) is 0 Å². The topological polar surface area (TPSA) is 251 Å². The van der Waals surface area contributed by atoms with Crippen molar-refractivity contribution in [3.63, 3.8) is 0 Å². The molecular weight excluding hydrogens is 606 g/mol. The number of oxime groups is 1. The average molecular weight is 632 g/mol. The lowest BCUT2D eigenvalue weighted by Gasteiger charge is -2.49. The van der Waals surface area contributed by atoms with Gasteiger partial charge in [0.15, 0.2) is 5.13 Å². The van der Waals surface area contributed by atoms with E-state index in [-0.39, 0.29) is 60.0 Å². The highest BCUT2D eigenvalue weighted by atomic mass is 35.5.